The van der Waals surface area contributed by atoms with Gasteiger partial charge < -0.3 is 20.8 Å². The molecule has 2 amide bonds. The highest BCUT2D eigenvalue weighted by molar-refractivity contribution is 5.79. The molecule has 0 bridgehead atoms. The zero-order chi connectivity index (χ0) is 11.1. The lowest BCUT2D eigenvalue weighted by atomic mass is 10.1. The van der Waals surface area contributed by atoms with Gasteiger partial charge in [-0.2, -0.15) is 0 Å². The lowest BCUT2D eigenvalue weighted by Crippen LogP contribution is -2.38. The fraction of sp³-hybridized carbons (Fsp3) is 0.571. The molecule has 4 N–H and O–H groups in total. The van der Waals surface area contributed by atoms with Gasteiger partial charge in [0.25, 0.3) is 0 Å². The van der Waals surface area contributed by atoms with E-state index in [0.29, 0.717) is 0 Å². The Balaban J connectivity index is 4.04. The van der Waals surface area contributed by atoms with E-state index in [1.807, 2.05) is 0 Å². The van der Waals surface area contributed by atoms with E-state index in [0.717, 1.165) is 0 Å². The van der Waals surface area contributed by atoms with Gasteiger partial charge in [-0.05, 0) is 0 Å². The number of rotatable bonds is 5. The van der Waals surface area contributed by atoms with Crippen LogP contribution in [0.4, 0.5) is 4.79 Å². The fourth-order valence-electron chi connectivity index (χ4n) is 0.762. The summed E-state index contributed by atoms with van der Waals surface area (Å²) in [5, 5.41) is 21.4. The molecule has 1 unspecified atom stereocenters. The smallest absolute Gasteiger partial charge is 0.314 e. The first kappa shape index (κ1) is 12.2. The third-order valence-electron chi connectivity index (χ3n) is 1.51. The molecule has 14 heavy (non-hydrogen) atoms. The van der Waals surface area contributed by atoms with Gasteiger partial charge in [0.05, 0.1) is 12.3 Å². The van der Waals surface area contributed by atoms with Crippen molar-refractivity contribution in [3.63, 3.8) is 0 Å². The van der Waals surface area contributed by atoms with Crippen LogP contribution in [0.5, 0.6) is 0 Å². The molecule has 0 aliphatic heterocycles. The van der Waals surface area contributed by atoms with Crippen LogP contribution in [0.3, 0.4) is 0 Å². The molecule has 0 rings (SSSR count). The minimum Gasteiger partial charge on any atom is -0.481 e. The molecule has 80 valence electrons. The number of aliphatic carboxylic acids is 2. The topological polar surface area (TPSA) is 116 Å². The van der Waals surface area contributed by atoms with Gasteiger partial charge in [0.2, 0.25) is 0 Å². The molecular weight excluding hydrogens is 192 g/mol. The van der Waals surface area contributed by atoms with E-state index >= 15 is 0 Å². The highest BCUT2D eigenvalue weighted by atomic mass is 16.4. The molecule has 0 saturated carbocycles. The molecule has 0 saturated heterocycles. The van der Waals surface area contributed by atoms with Gasteiger partial charge in [0.15, 0.2) is 0 Å². The first-order valence-corrected chi connectivity index (χ1v) is 3.87. The van der Waals surface area contributed by atoms with Crippen LogP contribution >= 0.6 is 0 Å². The summed E-state index contributed by atoms with van der Waals surface area (Å²) >= 11 is 0. The Morgan fingerprint density at radius 3 is 2.21 bits per heavy atom. The van der Waals surface area contributed by atoms with Gasteiger partial charge in [-0.25, -0.2) is 4.79 Å². The summed E-state index contributed by atoms with van der Waals surface area (Å²) in [6.45, 7) is -0.207. The Hall–Kier alpha value is -1.79. The Labute approximate surface area is 80.1 Å². The Morgan fingerprint density at radius 1 is 1.29 bits per heavy atom. The van der Waals surface area contributed by atoms with Crippen LogP contribution in [0.2, 0.25) is 0 Å². The Bertz CT molecular complexity index is 240. The van der Waals surface area contributed by atoms with E-state index in [4.69, 9.17) is 10.2 Å². The van der Waals surface area contributed by atoms with Crippen LogP contribution in [-0.2, 0) is 9.59 Å². The molecular formula is C7H12N2O5. The molecule has 0 aliphatic rings. The van der Waals surface area contributed by atoms with E-state index in [1.165, 1.54) is 7.05 Å². The van der Waals surface area contributed by atoms with Crippen molar-refractivity contribution in [1.82, 2.24) is 10.6 Å². The summed E-state index contributed by atoms with van der Waals surface area (Å²) in [6, 6.07) is -0.540. The lowest BCUT2D eigenvalue weighted by molar-refractivity contribution is -0.148. The first-order chi connectivity index (χ1) is 6.47. The van der Waals surface area contributed by atoms with Crippen molar-refractivity contribution in [3.05, 3.63) is 0 Å². The van der Waals surface area contributed by atoms with Crippen molar-refractivity contribution in [2.45, 2.75) is 6.42 Å². The molecule has 0 spiro atoms. The Kier molecular flexibility index (Phi) is 5.05. The van der Waals surface area contributed by atoms with Gasteiger partial charge >= 0.3 is 18.0 Å². The van der Waals surface area contributed by atoms with E-state index in [2.05, 4.69) is 10.6 Å². The monoisotopic (exact) mass is 204 g/mol. The number of carboxylic acid groups (broad SMARTS) is 2. The van der Waals surface area contributed by atoms with E-state index < -0.39 is 30.3 Å². The standard InChI is InChI=1S/C7H12N2O5/c1-8-7(14)9-3-4(6(12)13)2-5(10)11/h4H,2-3H2,1H3,(H,10,11)(H,12,13)(H2,8,9,14). The maximum atomic E-state index is 10.7. The third kappa shape index (κ3) is 4.96. The summed E-state index contributed by atoms with van der Waals surface area (Å²) in [6.07, 6.45) is -0.515. The minimum atomic E-state index is -1.25. The van der Waals surface area contributed by atoms with Crippen LogP contribution < -0.4 is 10.6 Å². The molecule has 0 heterocycles. The number of urea groups is 1. The molecule has 1 atom stereocenters. The lowest BCUT2D eigenvalue weighted by Gasteiger charge is -2.10. The maximum absolute atomic E-state index is 10.7. The number of carbonyl (C=O) groups is 3. The van der Waals surface area contributed by atoms with Crippen LogP contribution in [0, 0.1) is 5.92 Å². The van der Waals surface area contributed by atoms with Crippen LogP contribution in [-0.4, -0.2) is 41.8 Å². The third-order valence-corrected chi connectivity index (χ3v) is 1.51. The average molecular weight is 204 g/mol. The minimum absolute atomic E-state index is 0.207. The number of carboxylic acids is 2. The predicted octanol–water partition coefficient (Wildman–Crippen LogP) is -0.909. The molecule has 0 aliphatic carbocycles. The molecule has 0 aromatic rings. The predicted molar refractivity (Wildman–Crippen MR) is 45.8 cm³/mol. The van der Waals surface area contributed by atoms with E-state index in [9.17, 15) is 14.4 Å². The van der Waals surface area contributed by atoms with Gasteiger partial charge in [-0.15, -0.1) is 0 Å². The van der Waals surface area contributed by atoms with Crippen molar-refractivity contribution >= 4 is 18.0 Å². The molecule has 0 radical (unpaired) electrons. The van der Waals surface area contributed by atoms with E-state index in [1.54, 1.807) is 0 Å². The van der Waals surface area contributed by atoms with Crippen molar-refractivity contribution < 1.29 is 24.6 Å². The molecule has 0 fully saturated rings. The average Bonchev–Trinajstić information content (AvgIpc) is 2.10. The SMILES string of the molecule is CNC(=O)NCC(CC(=O)O)C(=O)O. The number of hydrogen-bond acceptors (Lipinski definition) is 3. The van der Waals surface area contributed by atoms with Crippen molar-refractivity contribution in [2.24, 2.45) is 5.92 Å². The number of hydrogen-bond donors (Lipinski definition) is 4. The van der Waals surface area contributed by atoms with Crippen molar-refractivity contribution in [2.75, 3.05) is 13.6 Å². The molecule has 7 nitrogen and oxygen atoms in total. The van der Waals surface area contributed by atoms with Gasteiger partial charge in [0.1, 0.15) is 0 Å². The quantitative estimate of drug-likeness (QED) is 0.462. The van der Waals surface area contributed by atoms with Gasteiger partial charge in [-0.3, -0.25) is 9.59 Å². The van der Waals surface area contributed by atoms with Gasteiger partial charge in [-0.1, -0.05) is 0 Å². The highest BCUT2D eigenvalue weighted by Gasteiger charge is 2.21. The summed E-state index contributed by atoms with van der Waals surface area (Å²) in [7, 11) is 1.38. The normalized spacial score (nSPS) is 11.5. The zero-order valence-electron chi connectivity index (χ0n) is 7.61. The molecule has 0 aromatic carbocycles. The number of amides is 2. The van der Waals surface area contributed by atoms with Crippen molar-refractivity contribution in [1.29, 1.82) is 0 Å². The molecule has 7 heteroatoms. The summed E-state index contributed by atoms with van der Waals surface area (Å²) in [4.78, 5) is 31.4. The van der Waals surface area contributed by atoms with Crippen LogP contribution in [0.25, 0.3) is 0 Å². The fourth-order valence-corrected chi connectivity index (χ4v) is 0.762. The summed E-state index contributed by atoms with van der Waals surface area (Å²) in [5.74, 6) is -3.57. The number of nitrogens with one attached hydrogen (secondary N) is 2. The second kappa shape index (κ2) is 5.79. The summed E-state index contributed by atoms with van der Waals surface area (Å²) in [5.41, 5.74) is 0. The van der Waals surface area contributed by atoms with Crippen LogP contribution in [0.1, 0.15) is 6.42 Å². The maximum Gasteiger partial charge on any atom is 0.314 e. The second-order valence-corrected chi connectivity index (χ2v) is 2.59. The van der Waals surface area contributed by atoms with Crippen molar-refractivity contribution in [3.8, 4) is 0 Å². The second-order valence-electron chi connectivity index (χ2n) is 2.59. The van der Waals surface area contributed by atoms with Gasteiger partial charge in [0, 0.05) is 13.6 Å². The van der Waals surface area contributed by atoms with E-state index in [-0.39, 0.29) is 6.54 Å². The van der Waals surface area contributed by atoms with Crippen LogP contribution in [0.15, 0.2) is 0 Å². The Morgan fingerprint density at radius 2 is 1.86 bits per heavy atom. The molecule has 0 aromatic heterocycles. The largest absolute Gasteiger partial charge is 0.481 e. The first-order valence-electron chi connectivity index (χ1n) is 3.87. The number of carbonyl (C=O) groups excluding carboxylic acids is 1. The summed E-state index contributed by atoms with van der Waals surface area (Å²) < 4.78 is 0. The zero-order valence-corrected chi connectivity index (χ0v) is 7.61. The highest BCUT2D eigenvalue weighted by Crippen LogP contribution is 2.01.